The maximum Gasteiger partial charge on any atom is 0.336 e. The molecule has 0 aliphatic rings. The highest BCUT2D eigenvalue weighted by atomic mass is 16.6. The molecule has 0 aromatic heterocycles. The third-order valence-electron chi connectivity index (χ3n) is 5.00. The lowest BCUT2D eigenvalue weighted by Gasteiger charge is -2.18. The van der Waals surface area contributed by atoms with E-state index in [4.69, 9.17) is 9.47 Å². The molecule has 3 aromatic carbocycles. The predicted molar refractivity (Wildman–Crippen MR) is 134 cm³/mol. The van der Waals surface area contributed by atoms with E-state index >= 15 is 0 Å². The number of hydrogen-bond acceptors (Lipinski definition) is 5. The van der Waals surface area contributed by atoms with Gasteiger partial charge in [0.1, 0.15) is 0 Å². The minimum atomic E-state index is -0.520. The monoisotopic (exact) mass is 456 g/mol. The van der Waals surface area contributed by atoms with Crippen molar-refractivity contribution in [3.63, 3.8) is 0 Å². The zero-order chi connectivity index (χ0) is 24.6. The molecular weight excluding hydrogens is 428 g/mol. The third kappa shape index (κ3) is 6.90. The number of amides is 1. The molecule has 1 amide bonds. The van der Waals surface area contributed by atoms with Crippen LogP contribution < -0.4 is 14.9 Å². The maximum absolute atomic E-state index is 12.3. The summed E-state index contributed by atoms with van der Waals surface area (Å²) in [5, 5.41) is 4.02. The molecule has 3 rings (SSSR count). The van der Waals surface area contributed by atoms with Gasteiger partial charge in [-0.25, -0.2) is 10.2 Å². The standard InChI is InChI=1S/C28H28N2O4/c1-28(2,3)23-14-12-22(13-15-23)27(32)30-29-19-21-10-16-24(25(18-21)33-4)34-26(31)17-11-20-8-6-5-7-9-20/h5-19H,1-4H3,(H,30,32)/b17-11+,29-19-. The van der Waals surface area contributed by atoms with E-state index in [1.165, 1.54) is 19.4 Å². The Bertz CT molecular complexity index is 1190. The van der Waals surface area contributed by atoms with Gasteiger partial charge in [-0.2, -0.15) is 5.10 Å². The molecule has 0 saturated carbocycles. The highest BCUT2D eigenvalue weighted by molar-refractivity contribution is 5.95. The van der Waals surface area contributed by atoms with Crippen molar-refractivity contribution in [3.05, 3.63) is 101 Å². The molecular formula is C28H28N2O4. The molecule has 0 aliphatic carbocycles. The van der Waals surface area contributed by atoms with Crippen molar-refractivity contribution in [2.45, 2.75) is 26.2 Å². The quantitative estimate of drug-likeness (QED) is 0.170. The van der Waals surface area contributed by atoms with E-state index in [-0.39, 0.29) is 17.1 Å². The summed E-state index contributed by atoms with van der Waals surface area (Å²) in [5.74, 6) is -0.174. The zero-order valence-electron chi connectivity index (χ0n) is 19.7. The highest BCUT2D eigenvalue weighted by Gasteiger charge is 2.14. The van der Waals surface area contributed by atoms with Crippen molar-refractivity contribution in [3.8, 4) is 11.5 Å². The molecule has 6 heteroatoms. The molecule has 0 unspecified atom stereocenters. The summed E-state index contributed by atoms with van der Waals surface area (Å²) in [6, 6.07) is 21.9. The van der Waals surface area contributed by atoms with Crippen LogP contribution in [0.15, 0.2) is 84.0 Å². The van der Waals surface area contributed by atoms with Gasteiger partial charge in [0.15, 0.2) is 11.5 Å². The number of methoxy groups -OCH3 is 1. The van der Waals surface area contributed by atoms with E-state index in [1.807, 2.05) is 42.5 Å². The Morgan fingerprint density at radius 1 is 0.882 bits per heavy atom. The Kier molecular flexibility index (Phi) is 7.98. The second-order valence-electron chi connectivity index (χ2n) is 8.60. The Hall–Kier alpha value is -4.19. The van der Waals surface area contributed by atoms with Gasteiger partial charge in [0.05, 0.1) is 13.3 Å². The fraction of sp³-hybridized carbons (Fsp3) is 0.179. The molecule has 0 fully saturated rings. The number of benzene rings is 3. The normalized spacial score (nSPS) is 11.5. The summed E-state index contributed by atoms with van der Waals surface area (Å²) < 4.78 is 10.7. The molecule has 0 atom stereocenters. The molecule has 0 heterocycles. The Morgan fingerprint density at radius 2 is 1.59 bits per heavy atom. The van der Waals surface area contributed by atoms with Crippen LogP contribution in [0.1, 0.15) is 47.8 Å². The van der Waals surface area contributed by atoms with Crippen LogP contribution in [0.25, 0.3) is 6.08 Å². The lowest BCUT2D eigenvalue weighted by atomic mass is 9.87. The summed E-state index contributed by atoms with van der Waals surface area (Å²) in [7, 11) is 1.48. The lowest BCUT2D eigenvalue weighted by Crippen LogP contribution is -2.18. The Labute approximate surface area is 199 Å². The second kappa shape index (κ2) is 11.1. The van der Waals surface area contributed by atoms with Crippen LogP contribution in [0, 0.1) is 0 Å². The van der Waals surface area contributed by atoms with Crippen LogP contribution in [0.4, 0.5) is 0 Å². The summed E-state index contributed by atoms with van der Waals surface area (Å²) in [5.41, 5.74) is 5.77. The highest BCUT2D eigenvalue weighted by Crippen LogP contribution is 2.28. The number of carbonyl (C=O) groups is 2. The fourth-order valence-electron chi connectivity index (χ4n) is 3.07. The van der Waals surface area contributed by atoms with Crippen LogP contribution in [0.2, 0.25) is 0 Å². The summed E-state index contributed by atoms with van der Waals surface area (Å²) in [6.07, 6.45) is 4.52. The fourth-order valence-corrected chi connectivity index (χ4v) is 3.07. The number of ether oxygens (including phenoxy) is 2. The summed E-state index contributed by atoms with van der Waals surface area (Å²) >= 11 is 0. The van der Waals surface area contributed by atoms with Gasteiger partial charge >= 0.3 is 5.97 Å². The van der Waals surface area contributed by atoms with Crippen LogP contribution in [0.5, 0.6) is 11.5 Å². The van der Waals surface area contributed by atoms with Crippen LogP contribution in [-0.2, 0) is 10.2 Å². The van der Waals surface area contributed by atoms with E-state index in [0.29, 0.717) is 16.9 Å². The molecule has 1 N–H and O–H groups in total. The van der Waals surface area contributed by atoms with Crippen LogP contribution >= 0.6 is 0 Å². The molecule has 0 bridgehead atoms. The molecule has 174 valence electrons. The number of carbonyl (C=O) groups excluding carboxylic acids is 2. The van der Waals surface area contributed by atoms with Crippen molar-refractivity contribution in [1.29, 1.82) is 0 Å². The van der Waals surface area contributed by atoms with E-state index in [9.17, 15) is 9.59 Å². The molecule has 34 heavy (non-hydrogen) atoms. The van der Waals surface area contributed by atoms with Crippen molar-refractivity contribution in [1.82, 2.24) is 5.43 Å². The number of nitrogens with one attached hydrogen (secondary N) is 1. The SMILES string of the molecule is COc1cc(/C=N\NC(=O)c2ccc(C(C)(C)C)cc2)ccc1OC(=O)/C=C/c1ccccc1. The van der Waals surface area contributed by atoms with E-state index in [2.05, 4.69) is 31.3 Å². The third-order valence-corrected chi connectivity index (χ3v) is 5.00. The largest absolute Gasteiger partial charge is 0.493 e. The predicted octanol–water partition coefficient (Wildman–Crippen LogP) is 5.38. The molecule has 0 aliphatic heterocycles. The van der Waals surface area contributed by atoms with Crippen molar-refractivity contribution in [2.24, 2.45) is 5.10 Å². The molecule has 3 aromatic rings. The first-order valence-electron chi connectivity index (χ1n) is 10.8. The van der Waals surface area contributed by atoms with Gasteiger partial charge in [0, 0.05) is 11.6 Å². The number of nitrogens with zero attached hydrogens (tertiary/aromatic N) is 1. The number of hydrazone groups is 1. The van der Waals surface area contributed by atoms with Crippen LogP contribution in [0.3, 0.4) is 0 Å². The van der Waals surface area contributed by atoms with Crippen molar-refractivity contribution < 1.29 is 19.1 Å². The summed E-state index contributed by atoms with van der Waals surface area (Å²) in [6.45, 7) is 6.36. The topological polar surface area (TPSA) is 77.0 Å². The number of esters is 1. The minimum Gasteiger partial charge on any atom is -0.493 e. The first-order valence-corrected chi connectivity index (χ1v) is 10.8. The van der Waals surface area contributed by atoms with Crippen molar-refractivity contribution >= 4 is 24.2 Å². The Balaban J connectivity index is 1.60. The van der Waals surface area contributed by atoms with Gasteiger partial charge in [0.25, 0.3) is 5.91 Å². The van der Waals surface area contributed by atoms with Gasteiger partial charge < -0.3 is 9.47 Å². The number of hydrogen-bond donors (Lipinski definition) is 1. The van der Waals surface area contributed by atoms with E-state index < -0.39 is 5.97 Å². The van der Waals surface area contributed by atoms with Crippen molar-refractivity contribution in [2.75, 3.05) is 7.11 Å². The van der Waals surface area contributed by atoms with Gasteiger partial charge in [0.2, 0.25) is 0 Å². The van der Waals surface area contributed by atoms with Gasteiger partial charge in [-0.1, -0.05) is 63.2 Å². The maximum atomic E-state index is 12.3. The number of rotatable bonds is 7. The molecule has 0 saturated heterocycles. The first-order chi connectivity index (χ1) is 16.3. The van der Waals surface area contributed by atoms with Gasteiger partial charge in [-0.15, -0.1) is 0 Å². The van der Waals surface area contributed by atoms with Gasteiger partial charge in [-0.3, -0.25) is 4.79 Å². The molecule has 6 nitrogen and oxygen atoms in total. The lowest BCUT2D eigenvalue weighted by molar-refractivity contribution is -0.129. The van der Waals surface area contributed by atoms with Gasteiger partial charge in [-0.05, 0) is 58.5 Å². The minimum absolute atomic E-state index is 0.0187. The Morgan fingerprint density at radius 3 is 2.24 bits per heavy atom. The average molecular weight is 457 g/mol. The van der Waals surface area contributed by atoms with E-state index in [1.54, 1.807) is 36.4 Å². The molecule has 0 radical (unpaired) electrons. The second-order valence-corrected chi connectivity index (χ2v) is 8.60. The molecule has 0 spiro atoms. The average Bonchev–Trinajstić information content (AvgIpc) is 2.83. The first kappa shape index (κ1) is 24.5. The van der Waals surface area contributed by atoms with Crippen LogP contribution in [-0.4, -0.2) is 25.2 Å². The zero-order valence-corrected chi connectivity index (χ0v) is 19.7. The summed E-state index contributed by atoms with van der Waals surface area (Å²) in [4.78, 5) is 24.5. The van der Waals surface area contributed by atoms with E-state index in [0.717, 1.165) is 11.1 Å². The smallest absolute Gasteiger partial charge is 0.336 e.